The highest BCUT2D eigenvalue weighted by Crippen LogP contribution is 2.26. The molecule has 1 N–H and O–H groups in total. The van der Waals surface area contributed by atoms with Gasteiger partial charge in [0, 0.05) is 35.3 Å². The van der Waals surface area contributed by atoms with Crippen LogP contribution in [0.2, 0.25) is 5.02 Å². The van der Waals surface area contributed by atoms with Crippen molar-refractivity contribution in [1.29, 1.82) is 0 Å². The molecule has 0 aliphatic heterocycles. The Bertz CT molecular complexity index is 747. The number of phenolic OH excluding ortho intramolecular Hbond substituents is 1. The Morgan fingerprint density at radius 1 is 1.15 bits per heavy atom. The lowest BCUT2D eigenvalue weighted by Gasteiger charge is -2.05. The first-order valence-electron chi connectivity index (χ1n) is 6.29. The molecule has 0 bridgehead atoms. The van der Waals surface area contributed by atoms with Crippen molar-refractivity contribution in [3.63, 3.8) is 0 Å². The standard InChI is InChI=1S/C16H14ClNO2/c1-18-9-11(15-7-4-13(19)8-16(15)18)10-20-14-5-2-12(17)3-6-14/h2-9,19H,10H2,1H3. The van der Waals surface area contributed by atoms with Gasteiger partial charge in [-0.2, -0.15) is 0 Å². The Kier molecular flexibility index (Phi) is 3.28. The van der Waals surface area contributed by atoms with Crippen LogP contribution in [-0.2, 0) is 13.7 Å². The summed E-state index contributed by atoms with van der Waals surface area (Å²) in [4.78, 5) is 0. The van der Waals surface area contributed by atoms with Crippen molar-refractivity contribution in [2.45, 2.75) is 6.61 Å². The Hall–Kier alpha value is -2.13. The molecule has 0 spiro atoms. The van der Waals surface area contributed by atoms with E-state index in [9.17, 15) is 5.11 Å². The lowest BCUT2D eigenvalue weighted by molar-refractivity contribution is 0.307. The zero-order chi connectivity index (χ0) is 14.1. The van der Waals surface area contributed by atoms with Crippen LogP contribution in [0.5, 0.6) is 11.5 Å². The molecule has 0 atom stereocenters. The molecule has 0 aliphatic carbocycles. The molecule has 0 fully saturated rings. The van der Waals surface area contributed by atoms with Gasteiger partial charge in [-0.15, -0.1) is 0 Å². The van der Waals surface area contributed by atoms with Gasteiger partial charge in [0.05, 0.1) is 5.52 Å². The van der Waals surface area contributed by atoms with Gasteiger partial charge in [0.1, 0.15) is 18.1 Å². The number of aryl methyl sites for hydroxylation is 1. The highest BCUT2D eigenvalue weighted by molar-refractivity contribution is 6.30. The fourth-order valence-corrected chi connectivity index (χ4v) is 2.39. The molecule has 1 aromatic heterocycles. The highest BCUT2D eigenvalue weighted by atomic mass is 35.5. The number of benzene rings is 2. The van der Waals surface area contributed by atoms with Crippen LogP contribution in [-0.4, -0.2) is 9.67 Å². The monoisotopic (exact) mass is 287 g/mol. The normalized spacial score (nSPS) is 10.9. The van der Waals surface area contributed by atoms with Crippen LogP contribution in [0.4, 0.5) is 0 Å². The number of hydrogen-bond acceptors (Lipinski definition) is 2. The molecule has 0 unspecified atom stereocenters. The predicted octanol–water partition coefficient (Wildman–Crippen LogP) is 4.12. The van der Waals surface area contributed by atoms with Gasteiger partial charge < -0.3 is 14.4 Å². The smallest absolute Gasteiger partial charge is 0.119 e. The van der Waals surface area contributed by atoms with Gasteiger partial charge in [0.2, 0.25) is 0 Å². The quantitative estimate of drug-likeness (QED) is 0.786. The Morgan fingerprint density at radius 2 is 1.90 bits per heavy atom. The number of phenols is 1. The Morgan fingerprint density at radius 3 is 2.65 bits per heavy atom. The van der Waals surface area contributed by atoms with Crippen molar-refractivity contribution in [1.82, 2.24) is 4.57 Å². The molecule has 0 aliphatic rings. The van der Waals surface area contributed by atoms with Crippen LogP contribution in [0.1, 0.15) is 5.56 Å². The number of aromatic nitrogens is 1. The van der Waals surface area contributed by atoms with E-state index in [4.69, 9.17) is 16.3 Å². The molecule has 2 aromatic carbocycles. The topological polar surface area (TPSA) is 34.4 Å². The molecule has 4 heteroatoms. The summed E-state index contributed by atoms with van der Waals surface area (Å²) >= 11 is 5.84. The van der Waals surface area contributed by atoms with Crippen LogP contribution >= 0.6 is 11.6 Å². The van der Waals surface area contributed by atoms with Crippen LogP contribution in [0.3, 0.4) is 0 Å². The SMILES string of the molecule is Cn1cc(COc2ccc(Cl)cc2)c2ccc(O)cc21. The van der Waals surface area contributed by atoms with E-state index < -0.39 is 0 Å². The van der Waals surface area contributed by atoms with E-state index in [1.165, 1.54) is 0 Å². The zero-order valence-electron chi connectivity index (χ0n) is 11.0. The van der Waals surface area contributed by atoms with Crippen LogP contribution in [0.25, 0.3) is 10.9 Å². The van der Waals surface area contributed by atoms with E-state index in [0.717, 1.165) is 22.2 Å². The number of aromatic hydroxyl groups is 1. The number of rotatable bonds is 3. The van der Waals surface area contributed by atoms with Crippen molar-refractivity contribution in [3.05, 3.63) is 59.2 Å². The summed E-state index contributed by atoms with van der Waals surface area (Å²) < 4.78 is 7.75. The largest absolute Gasteiger partial charge is 0.508 e. The number of ether oxygens (including phenoxy) is 1. The molecule has 0 radical (unpaired) electrons. The summed E-state index contributed by atoms with van der Waals surface area (Å²) in [5.74, 6) is 1.05. The van der Waals surface area contributed by atoms with E-state index in [0.29, 0.717) is 11.6 Å². The molecule has 3 rings (SSSR count). The van der Waals surface area contributed by atoms with E-state index in [-0.39, 0.29) is 5.75 Å². The highest BCUT2D eigenvalue weighted by Gasteiger charge is 2.08. The maximum atomic E-state index is 9.54. The van der Waals surface area contributed by atoms with Crippen molar-refractivity contribution >= 4 is 22.5 Å². The summed E-state index contributed by atoms with van der Waals surface area (Å²) in [5.41, 5.74) is 2.07. The van der Waals surface area contributed by atoms with Crippen molar-refractivity contribution < 1.29 is 9.84 Å². The number of hydrogen-bond donors (Lipinski definition) is 1. The first-order chi connectivity index (χ1) is 9.63. The van der Waals surface area contributed by atoms with E-state index in [1.807, 2.05) is 36.0 Å². The summed E-state index contributed by atoms with van der Waals surface area (Å²) in [6.07, 6.45) is 2.01. The summed E-state index contributed by atoms with van der Waals surface area (Å²) in [6.45, 7) is 0.476. The Balaban J connectivity index is 1.86. The van der Waals surface area contributed by atoms with Gasteiger partial charge in [-0.05, 0) is 36.4 Å². The van der Waals surface area contributed by atoms with Gasteiger partial charge in [-0.1, -0.05) is 11.6 Å². The average molecular weight is 288 g/mol. The zero-order valence-corrected chi connectivity index (χ0v) is 11.8. The minimum atomic E-state index is 0.267. The third-order valence-corrected chi connectivity index (χ3v) is 3.52. The molecule has 0 saturated heterocycles. The number of fused-ring (bicyclic) bond motifs is 1. The van der Waals surface area contributed by atoms with Crippen molar-refractivity contribution in [2.24, 2.45) is 7.05 Å². The van der Waals surface area contributed by atoms with Crippen molar-refractivity contribution in [2.75, 3.05) is 0 Å². The average Bonchev–Trinajstić information content (AvgIpc) is 2.74. The summed E-state index contributed by atoms with van der Waals surface area (Å²) in [7, 11) is 1.95. The third-order valence-electron chi connectivity index (χ3n) is 3.26. The van der Waals surface area contributed by atoms with Crippen LogP contribution in [0, 0.1) is 0 Å². The van der Waals surface area contributed by atoms with Crippen LogP contribution in [0.15, 0.2) is 48.7 Å². The third kappa shape index (κ3) is 2.45. The fraction of sp³-hybridized carbons (Fsp3) is 0.125. The first-order valence-corrected chi connectivity index (χ1v) is 6.66. The van der Waals surface area contributed by atoms with Gasteiger partial charge >= 0.3 is 0 Å². The molecular formula is C16H14ClNO2. The number of halogens is 1. The van der Waals surface area contributed by atoms with E-state index >= 15 is 0 Å². The number of nitrogens with zero attached hydrogens (tertiary/aromatic N) is 1. The van der Waals surface area contributed by atoms with Gasteiger partial charge in [-0.25, -0.2) is 0 Å². The minimum absolute atomic E-state index is 0.267. The van der Waals surface area contributed by atoms with E-state index in [1.54, 1.807) is 24.3 Å². The first kappa shape index (κ1) is 12.9. The predicted molar refractivity (Wildman–Crippen MR) is 80.4 cm³/mol. The van der Waals surface area contributed by atoms with Gasteiger partial charge in [0.15, 0.2) is 0 Å². The molecular weight excluding hydrogens is 274 g/mol. The second kappa shape index (κ2) is 5.10. The maximum Gasteiger partial charge on any atom is 0.119 e. The second-order valence-electron chi connectivity index (χ2n) is 4.71. The molecule has 0 amide bonds. The molecule has 102 valence electrons. The maximum absolute atomic E-state index is 9.54. The van der Waals surface area contributed by atoms with Gasteiger partial charge in [-0.3, -0.25) is 0 Å². The van der Waals surface area contributed by atoms with Crippen molar-refractivity contribution in [3.8, 4) is 11.5 Å². The summed E-state index contributed by atoms with van der Waals surface area (Å²) in [5, 5.41) is 11.3. The minimum Gasteiger partial charge on any atom is -0.508 e. The lowest BCUT2D eigenvalue weighted by atomic mass is 10.2. The lowest BCUT2D eigenvalue weighted by Crippen LogP contribution is -1.94. The molecule has 3 aromatic rings. The van der Waals surface area contributed by atoms with Crippen LogP contribution < -0.4 is 4.74 Å². The molecule has 3 nitrogen and oxygen atoms in total. The van der Waals surface area contributed by atoms with Gasteiger partial charge in [0.25, 0.3) is 0 Å². The Labute approximate surface area is 122 Å². The summed E-state index contributed by atoms with van der Waals surface area (Å²) in [6, 6.07) is 12.6. The molecule has 20 heavy (non-hydrogen) atoms. The molecule has 1 heterocycles. The fourth-order valence-electron chi connectivity index (χ4n) is 2.26. The second-order valence-corrected chi connectivity index (χ2v) is 5.15. The van der Waals surface area contributed by atoms with E-state index in [2.05, 4.69) is 0 Å². The molecule has 0 saturated carbocycles.